The van der Waals surface area contributed by atoms with E-state index in [0.717, 1.165) is 28.1 Å². The minimum absolute atomic E-state index is 0.0111. The van der Waals surface area contributed by atoms with Crippen molar-refractivity contribution in [3.63, 3.8) is 0 Å². The number of aliphatic hydroxyl groups excluding tert-OH is 1. The van der Waals surface area contributed by atoms with Gasteiger partial charge >= 0.3 is 6.09 Å². The molecule has 9 nitrogen and oxygen atoms in total. The molecule has 1 aliphatic rings. The van der Waals surface area contributed by atoms with Crippen LogP contribution in [0.5, 0.6) is 0 Å². The fourth-order valence-corrected chi connectivity index (χ4v) is 5.51. The van der Waals surface area contributed by atoms with Crippen molar-refractivity contribution in [2.75, 3.05) is 6.54 Å². The monoisotopic (exact) mass is 558 g/mol. The highest BCUT2D eigenvalue weighted by Crippen LogP contribution is 2.30. The van der Waals surface area contributed by atoms with Gasteiger partial charge in [0.25, 0.3) is 0 Å². The molecule has 3 rings (SSSR count). The average molecular weight is 559 g/mol. The Hall–Kier alpha value is -2.98. The summed E-state index contributed by atoms with van der Waals surface area (Å²) in [6, 6.07) is 5.89. The zero-order valence-electron chi connectivity index (χ0n) is 24.2. The fourth-order valence-electron chi connectivity index (χ4n) is 4.62. The molecular weight excluding hydrogens is 516 g/mol. The van der Waals surface area contributed by atoms with Gasteiger partial charge in [0.2, 0.25) is 11.8 Å². The molecule has 0 saturated carbocycles. The van der Waals surface area contributed by atoms with Gasteiger partial charge in [-0.25, -0.2) is 9.78 Å². The molecular formula is C29H42N4O5S. The van der Waals surface area contributed by atoms with Crippen molar-refractivity contribution < 1.29 is 24.2 Å². The first-order valence-corrected chi connectivity index (χ1v) is 14.3. The third kappa shape index (κ3) is 7.79. The van der Waals surface area contributed by atoms with E-state index < -0.39 is 41.2 Å². The third-order valence-electron chi connectivity index (χ3n) is 6.65. The molecule has 10 heteroatoms. The van der Waals surface area contributed by atoms with Gasteiger partial charge in [0.05, 0.1) is 28.2 Å². The number of likely N-dealkylation sites (tertiary alicyclic amines) is 1. The van der Waals surface area contributed by atoms with E-state index in [4.69, 9.17) is 4.74 Å². The lowest BCUT2D eigenvalue weighted by Gasteiger charge is -2.35. The number of amides is 3. The Morgan fingerprint density at radius 3 is 2.33 bits per heavy atom. The predicted octanol–water partition coefficient (Wildman–Crippen LogP) is 4.45. The van der Waals surface area contributed by atoms with Gasteiger partial charge < -0.3 is 25.4 Å². The Morgan fingerprint density at radius 2 is 1.77 bits per heavy atom. The number of nitrogens with one attached hydrogen (secondary N) is 2. The van der Waals surface area contributed by atoms with Gasteiger partial charge in [-0.2, -0.15) is 0 Å². The highest BCUT2D eigenvalue weighted by atomic mass is 32.1. The Balaban J connectivity index is 1.72. The molecule has 1 fully saturated rings. The lowest BCUT2D eigenvalue weighted by atomic mass is 9.85. The first-order chi connectivity index (χ1) is 18.1. The topological polar surface area (TPSA) is 121 Å². The number of carbonyl (C=O) groups is 3. The molecule has 2 aromatic rings. The van der Waals surface area contributed by atoms with E-state index in [-0.39, 0.29) is 24.9 Å². The number of β-amino-alcohol motifs (C(OH)–C–C–N with tert-alkyl or cyclic N) is 1. The molecule has 1 saturated heterocycles. The molecule has 4 atom stereocenters. The van der Waals surface area contributed by atoms with Crippen molar-refractivity contribution in [3.05, 3.63) is 41.0 Å². The second-order valence-corrected chi connectivity index (χ2v) is 13.0. The average Bonchev–Trinajstić information content (AvgIpc) is 3.47. The number of aromatic nitrogens is 1. The van der Waals surface area contributed by atoms with Gasteiger partial charge in [-0.15, -0.1) is 11.3 Å². The summed E-state index contributed by atoms with van der Waals surface area (Å²) in [5, 5.41) is 16.1. The van der Waals surface area contributed by atoms with E-state index >= 15 is 0 Å². The second kappa shape index (κ2) is 12.0. The summed E-state index contributed by atoms with van der Waals surface area (Å²) < 4.78 is 5.37. The van der Waals surface area contributed by atoms with Crippen LogP contribution in [0.2, 0.25) is 0 Å². The SMILES string of the molecule is CCc1ncsc1-c1ccc([C@H](C)NC(=O)[C@@H]2C[C@@H](O)CN2C(=O)[C@@H](NC(=O)OC(C)(C)C)C(C)(C)C)cc1. The van der Waals surface area contributed by atoms with Gasteiger partial charge in [0.15, 0.2) is 0 Å². The summed E-state index contributed by atoms with van der Waals surface area (Å²) >= 11 is 1.61. The molecule has 39 heavy (non-hydrogen) atoms. The molecule has 1 aromatic carbocycles. The number of aryl methyl sites for hydroxylation is 1. The van der Waals surface area contributed by atoms with Crippen molar-refractivity contribution in [3.8, 4) is 10.4 Å². The Bertz CT molecular complexity index is 1170. The summed E-state index contributed by atoms with van der Waals surface area (Å²) in [7, 11) is 0. The number of benzene rings is 1. The second-order valence-electron chi connectivity index (χ2n) is 12.2. The highest BCUT2D eigenvalue weighted by Gasteiger charge is 2.45. The van der Waals surface area contributed by atoms with Crippen LogP contribution >= 0.6 is 11.3 Å². The van der Waals surface area contributed by atoms with Gasteiger partial charge in [-0.1, -0.05) is 52.0 Å². The van der Waals surface area contributed by atoms with E-state index in [2.05, 4.69) is 22.5 Å². The standard InChI is InChI=1S/C29H42N4O5S/c1-9-21-23(39-16-30-21)19-12-10-18(11-13-19)17(2)31-25(35)22-14-20(34)15-33(22)26(36)24(28(3,4)5)32-27(37)38-29(6,7)8/h10-13,16-17,20,22,24,34H,9,14-15H2,1-8H3,(H,31,35)(H,32,37)/t17-,20+,22-,24+/m0/s1. The maximum Gasteiger partial charge on any atom is 0.408 e. The smallest absolute Gasteiger partial charge is 0.408 e. The van der Waals surface area contributed by atoms with Crippen LogP contribution in [0.1, 0.15) is 79.1 Å². The molecule has 0 aliphatic carbocycles. The van der Waals surface area contributed by atoms with E-state index in [1.807, 2.05) is 57.5 Å². The third-order valence-corrected chi connectivity index (χ3v) is 7.56. The number of nitrogens with zero attached hydrogens (tertiary/aromatic N) is 2. The fraction of sp³-hybridized carbons (Fsp3) is 0.586. The highest BCUT2D eigenvalue weighted by molar-refractivity contribution is 7.13. The molecule has 0 bridgehead atoms. The predicted molar refractivity (Wildman–Crippen MR) is 152 cm³/mol. The van der Waals surface area contributed by atoms with Gasteiger partial charge in [-0.3, -0.25) is 9.59 Å². The molecule has 1 aliphatic heterocycles. The Kier molecular flexibility index (Phi) is 9.43. The first kappa shape index (κ1) is 30.6. The number of hydrogen-bond acceptors (Lipinski definition) is 7. The number of ether oxygens (including phenoxy) is 1. The molecule has 0 spiro atoms. The molecule has 2 heterocycles. The van der Waals surface area contributed by atoms with E-state index in [0.29, 0.717) is 0 Å². The molecule has 3 amide bonds. The van der Waals surface area contributed by atoms with Gasteiger partial charge in [0, 0.05) is 13.0 Å². The van der Waals surface area contributed by atoms with E-state index in [9.17, 15) is 19.5 Å². The van der Waals surface area contributed by atoms with Crippen molar-refractivity contribution in [2.24, 2.45) is 5.41 Å². The number of alkyl carbamates (subject to hydrolysis) is 1. The largest absolute Gasteiger partial charge is 0.444 e. The minimum Gasteiger partial charge on any atom is -0.444 e. The summed E-state index contributed by atoms with van der Waals surface area (Å²) in [5.41, 5.74) is 3.53. The van der Waals surface area contributed by atoms with Gasteiger partial charge in [-0.05, 0) is 50.7 Å². The van der Waals surface area contributed by atoms with Crippen molar-refractivity contribution >= 4 is 29.2 Å². The van der Waals surface area contributed by atoms with E-state index in [1.54, 1.807) is 32.1 Å². The van der Waals surface area contributed by atoms with Crippen LogP contribution < -0.4 is 10.6 Å². The maximum atomic E-state index is 13.7. The number of thiazole rings is 1. The number of hydrogen-bond donors (Lipinski definition) is 3. The van der Waals surface area contributed by atoms with Crippen LogP contribution in [-0.4, -0.2) is 63.2 Å². The lowest BCUT2D eigenvalue weighted by molar-refractivity contribution is -0.142. The van der Waals surface area contributed by atoms with Crippen LogP contribution in [0.25, 0.3) is 10.4 Å². The first-order valence-electron chi connectivity index (χ1n) is 13.4. The number of carbonyl (C=O) groups excluding carboxylic acids is 3. The Labute approximate surface area is 235 Å². The van der Waals surface area contributed by atoms with Crippen molar-refractivity contribution in [1.29, 1.82) is 0 Å². The van der Waals surface area contributed by atoms with Gasteiger partial charge in [0.1, 0.15) is 17.7 Å². The molecule has 214 valence electrons. The maximum absolute atomic E-state index is 13.7. The number of rotatable bonds is 7. The van der Waals surface area contributed by atoms with Crippen LogP contribution in [0.15, 0.2) is 29.8 Å². The zero-order valence-corrected chi connectivity index (χ0v) is 25.0. The summed E-state index contributed by atoms with van der Waals surface area (Å²) in [6.07, 6.45) is -0.567. The zero-order chi connectivity index (χ0) is 29.1. The summed E-state index contributed by atoms with van der Waals surface area (Å²) in [6.45, 7) is 14.7. The normalized spacial score (nSPS) is 19.4. The molecule has 0 radical (unpaired) electrons. The lowest BCUT2D eigenvalue weighted by Crippen LogP contribution is -2.58. The Morgan fingerprint density at radius 1 is 1.13 bits per heavy atom. The summed E-state index contributed by atoms with van der Waals surface area (Å²) in [4.78, 5) is 46.5. The molecule has 3 N–H and O–H groups in total. The van der Waals surface area contributed by atoms with Crippen LogP contribution in [-0.2, 0) is 20.7 Å². The van der Waals surface area contributed by atoms with Crippen LogP contribution in [0, 0.1) is 5.41 Å². The summed E-state index contributed by atoms with van der Waals surface area (Å²) in [5.74, 6) is -0.782. The van der Waals surface area contributed by atoms with Crippen molar-refractivity contribution in [1.82, 2.24) is 20.5 Å². The molecule has 0 unspecified atom stereocenters. The van der Waals surface area contributed by atoms with Crippen molar-refractivity contribution in [2.45, 2.75) is 98.1 Å². The number of aliphatic hydroxyl groups is 1. The molecule has 1 aromatic heterocycles. The minimum atomic E-state index is -0.947. The van der Waals surface area contributed by atoms with Crippen LogP contribution in [0.3, 0.4) is 0 Å². The van der Waals surface area contributed by atoms with E-state index in [1.165, 1.54) is 4.90 Å². The quantitative estimate of drug-likeness (QED) is 0.462. The van der Waals surface area contributed by atoms with Crippen LogP contribution in [0.4, 0.5) is 4.79 Å².